The average Bonchev–Trinajstić information content (AvgIpc) is 3.84. The van der Waals surface area contributed by atoms with Gasteiger partial charge in [0.05, 0.1) is 44.2 Å². The lowest BCUT2D eigenvalue weighted by Crippen LogP contribution is -2.48. The Hall–Kier alpha value is -5.86. The van der Waals surface area contributed by atoms with Gasteiger partial charge in [-0.3, -0.25) is 0 Å². The van der Waals surface area contributed by atoms with Crippen LogP contribution in [0.1, 0.15) is 60.5 Å². The van der Waals surface area contributed by atoms with Crippen LogP contribution in [0.5, 0.6) is 0 Å². The fraction of sp³-hybridized carbons (Fsp3) is 0.192. The molecular weight excluding hydrogens is 653 g/mol. The van der Waals surface area contributed by atoms with Gasteiger partial charge in [0.25, 0.3) is 0 Å². The smallest absolute Gasteiger partial charge is 0.0645 e. The summed E-state index contributed by atoms with van der Waals surface area (Å²) in [7, 11) is 0. The van der Waals surface area contributed by atoms with Crippen LogP contribution in [0.4, 0.5) is 0 Å². The van der Waals surface area contributed by atoms with E-state index in [1.165, 1.54) is 49.5 Å². The SMILES string of the molecule is [2H]c1c([2H])c([2H])c(-n2c3c([2H])c([2H])c([2H])c([2H])c3c3c(-c4ccccc4-c4ccccc4-n4c5ccccc5c5cc(C67CC8CC(CC(C8)C6)C7)ccc54)c([2H])c([2H])c([2H])c32)c([2H])c1[2H]. The predicted octanol–water partition coefficient (Wildman–Crippen LogP) is 13.7. The molecule has 4 fully saturated rings. The molecule has 2 nitrogen and oxygen atoms in total. The highest BCUT2D eigenvalue weighted by Gasteiger charge is 2.51. The molecule has 9 aromatic rings. The van der Waals surface area contributed by atoms with Crippen molar-refractivity contribution in [3.63, 3.8) is 0 Å². The zero-order valence-corrected chi connectivity index (χ0v) is 29.5. The monoisotopic (exact) mass is 706 g/mol. The van der Waals surface area contributed by atoms with E-state index < -0.39 is 72.2 Å². The van der Waals surface area contributed by atoms with Crippen LogP contribution in [0.15, 0.2) is 164 Å². The highest BCUT2D eigenvalue weighted by Crippen LogP contribution is 2.61. The molecule has 0 unspecified atom stereocenters. The molecule has 0 saturated heterocycles. The summed E-state index contributed by atoms with van der Waals surface area (Å²) >= 11 is 0. The Morgan fingerprint density at radius 3 is 1.89 bits per heavy atom. The molecule has 4 aliphatic carbocycles. The molecule has 260 valence electrons. The molecule has 13 rings (SSSR count). The summed E-state index contributed by atoms with van der Waals surface area (Å²) < 4.78 is 111. The molecule has 0 atom stereocenters. The van der Waals surface area contributed by atoms with Gasteiger partial charge in [-0.05, 0) is 132 Å². The van der Waals surface area contributed by atoms with Gasteiger partial charge in [-0.2, -0.15) is 0 Å². The minimum atomic E-state index is -0.673. The van der Waals surface area contributed by atoms with Crippen LogP contribution in [0.25, 0.3) is 77.2 Å². The molecule has 0 spiro atoms. The van der Waals surface area contributed by atoms with Crippen LogP contribution in [0.2, 0.25) is 0 Å². The van der Waals surface area contributed by atoms with E-state index in [1.807, 2.05) is 36.4 Å². The lowest BCUT2D eigenvalue weighted by atomic mass is 9.48. The van der Waals surface area contributed by atoms with Crippen molar-refractivity contribution in [3.05, 3.63) is 169 Å². The van der Waals surface area contributed by atoms with Crippen molar-refractivity contribution in [3.8, 4) is 33.6 Å². The highest BCUT2D eigenvalue weighted by molar-refractivity contribution is 6.17. The first-order valence-electron chi connectivity index (χ1n) is 25.0. The molecule has 0 amide bonds. The second-order valence-corrected chi connectivity index (χ2v) is 15.9. The Labute approximate surface area is 333 Å². The lowest BCUT2D eigenvalue weighted by Gasteiger charge is -2.57. The summed E-state index contributed by atoms with van der Waals surface area (Å²) in [6.45, 7) is 0. The van der Waals surface area contributed by atoms with Crippen molar-refractivity contribution >= 4 is 43.6 Å². The number of hydrogen-bond donors (Lipinski definition) is 0. The maximum absolute atomic E-state index is 9.61. The van der Waals surface area contributed by atoms with Crippen molar-refractivity contribution in [2.24, 2.45) is 17.8 Å². The summed E-state index contributed by atoms with van der Waals surface area (Å²) in [5.41, 5.74) is 5.73. The van der Waals surface area contributed by atoms with Gasteiger partial charge < -0.3 is 9.13 Å². The fourth-order valence-corrected chi connectivity index (χ4v) is 11.2. The summed E-state index contributed by atoms with van der Waals surface area (Å²) in [4.78, 5) is 0. The Balaban J connectivity index is 1.14. The molecule has 0 aliphatic heterocycles. The van der Waals surface area contributed by atoms with E-state index in [0.29, 0.717) is 11.1 Å². The molecular formula is C52H42N2. The van der Waals surface area contributed by atoms with E-state index >= 15 is 0 Å². The van der Waals surface area contributed by atoms with Crippen molar-refractivity contribution < 1.29 is 16.4 Å². The zero-order chi connectivity index (χ0) is 45.8. The molecule has 4 aliphatic rings. The zero-order valence-electron chi connectivity index (χ0n) is 41.5. The number of rotatable bonds is 5. The van der Waals surface area contributed by atoms with E-state index in [0.717, 1.165) is 50.0 Å². The van der Waals surface area contributed by atoms with Gasteiger partial charge in [0.15, 0.2) is 0 Å². The Morgan fingerprint density at radius 2 is 1.09 bits per heavy atom. The third-order valence-corrected chi connectivity index (χ3v) is 12.9. The quantitative estimate of drug-likeness (QED) is 0.169. The molecule has 7 aromatic carbocycles. The largest absolute Gasteiger partial charge is 0.309 e. The molecule has 2 heterocycles. The molecule has 0 N–H and O–H groups in total. The molecule has 0 radical (unpaired) electrons. The number of nitrogens with zero attached hydrogens (tertiary/aromatic N) is 2. The van der Waals surface area contributed by atoms with Gasteiger partial charge in [0.1, 0.15) is 0 Å². The predicted molar refractivity (Wildman–Crippen MR) is 226 cm³/mol. The normalized spacial score (nSPS) is 25.0. The van der Waals surface area contributed by atoms with E-state index in [2.05, 4.69) is 47.0 Å². The van der Waals surface area contributed by atoms with Crippen molar-refractivity contribution in [1.82, 2.24) is 9.13 Å². The molecule has 2 heteroatoms. The van der Waals surface area contributed by atoms with E-state index in [-0.39, 0.29) is 38.8 Å². The van der Waals surface area contributed by atoms with Crippen LogP contribution in [-0.4, -0.2) is 9.13 Å². The molecule has 4 saturated carbocycles. The van der Waals surface area contributed by atoms with Crippen LogP contribution in [0, 0.1) is 17.8 Å². The van der Waals surface area contributed by atoms with Gasteiger partial charge in [0, 0.05) is 32.8 Å². The van der Waals surface area contributed by atoms with Crippen molar-refractivity contribution in [2.45, 2.75) is 43.9 Å². The molecule has 4 bridgehead atoms. The van der Waals surface area contributed by atoms with Gasteiger partial charge in [-0.25, -0.2) is 0 Å². The topological polar surface area (TPSA) is 9.86 Å². The van der Waals surface area contributed by atoms with Crippen LogP contribution in [0.3, 0.4) is 0 Å². The maximum Gasteiger partial charge on any atom is 0.0645 e. The second-order valence-electron chi connectivity index (χ2n) is 15.9. The standard InChI is InChI=1S/C52H42N2/c1-2-13-38(14-3-1)53-48-23-11-8-19-44(48)51-43(20-12-24-50(51)53)40-16-5-4-15-39(40)41-17-6-9-21-46(41)54-47-22-10-7-18-42(47)45-30-37(25-26-49(45)54)52-31-34-27-35(32-52)29-36(28-34)33-52/h1-26,30,34-36H,27-29,31-33H2/i1D,2D,3D,8D,11D,12D,13D,14D,19D,20D,23D,24D. The number of hydrogen-bond acceptors (Lipinski definition) is 0. The summed E-state index contributed by atoms with van der Waals surface area (Å²) in [5.74, 6) is 2.43. The van der Waals surface area contributed by atoms with E-state index in [1.54, 1.807) is 12.1 Å². The average molecular weight is 707 g/mol. The first-order valence-corrected chi connectivity index (χ1v) is 19.0. The van der Waals surface area contributed by atoms with Crippen molar-refractivity contribution in [2.75, 3.05) is 0 Å². The van der Waals surface area contributed by atoms with E-state index in [9.17, 15) is 6.85 Å². The highest BCUT2D eigenvalue weighted by atomic mass is 15.0. The number of para-hydroxylation sites is 4. The third kappa shape index (κ3) is 4.40. The minimum Gasteiger partial charge on any atom is -0.309 e. The first-order chi connectivity index (χ1) is 31.7. The molecule has 54 heavy (non-hydrogen) atoms. The Kier molecular flexibility index (Phi) is 4.53. The summed E-state index contributed by atoms with van der Waals surface area (Å²) in [6.07, 6.45) is 7.89. The lowest BCUT2D eigenvalue weighted by molar-refractivity contribution is -0.00512. The summed E-state index contributed by atoms with van der Waals surface area (Å²) in [6, 6.07) is 23.9. The van der Waals surface area contributed by atoms with Gasteiger partial charge >= 0.3 is 0 Å². The molecule has 2 aromatic heterocycles. The Morgan fingerprint density at radius 1 is 0.463 bits per heavy atom. The Bertz CT molecular complexity index is 3560. The number of aromatic nitrogens is 2. The van der Waals surface area contributed by atoms with Gasteiger partial charge in [0.2, 0.25) is 0 Å². The van der Waals surface area contributed by atoms with E-state index in [4.69, 9.17) is 9.60 Å². The number of fused-ring (bicyclic) bond motifs is 6. The van der Waals surface area contributed by atoms with Crippen LogP contribution in [-0.2, 0) is 5.41 Å². The fourth-order valence-electron chi connectivity index (χ4n) is 11.2. The third-order valence-electron chi connectivity index (χ3n) is 12.9. The number of benzene rings is 7. The van der Waals surface area contributed by atoms with Gasteiger partial charge in [-0.15, -0.1) is 0 Å². The van der Waals surface area contributed by atoms with Crippen LogP contribution >= 0.6 is 0 Å². The first kappa shape index (κ1) is 21.1. The minimum absolute atomic E-state index is 0.0359. The van der Waals surface area contributed by atoms with Gasteiger partial charge in [-0.1, -0.05) is 115 Å². The van der Waals surface area contributed by atoms with Crippen molar-refractivity contribution in [1.29, 1.82) is 0 Å². The second kappa shape index (κ2) is 11.6. The maximum atomic E-state index is 9.61. The van der Waals surface area contributed by atoms with Crippen LogP contribution < -0.4 is 0 Å². The summed E-state index contributed by atoms with van der Waals surface area (Å²) in [5, 5.41) is 2.25.